The summed E-state index contributed by atoms with van der Waals surface area (Å²) < 4.78 is 5.77. The van der Waals surface area contributed by atoms with Crippen LogP contribution in [0, 0.1) is 0 Å². The Morgan fingerprint density at radius 2 is 1.71 bits per heavy atom. The molecule has 3 rings (SSSR count). The Morgan fingerprint density at radius 1 is 1.00 bits per heavy atom. The van der Waals surface area contributed by atoms with Crippen LogP contribution >= 0.6 is 0 Å². The summed E-state index contributed by atoms with van der Waals surface area (Å²) >= 11 is 0. The van der Waals surface area contributed by atoms with E-state index in [0.29, 0.717) is 0 Å². The Bertz CT molecular complexity index is 515. The lowest BCUT2D eigenvalue weighted by atomic mass is 9.80. The van der Waals surface area contributed by atoms with Crippen molar-refractivity contribution in [2.24, 2.45) is 0 Å². The van der Waals surface area contributed by atoms with Crippen molar-refractivity contribution in [3.63, 3.8) is 0 Å². The van der Waals surface area contributed by atoms with E-state index in [4.69, 9.17) is 4.65 Å². The van der Waals surface area contributed by atoms with Crippen molar-refractivity contribution < 1.29 is 4.65 Å². The zero-order valence-electron chi connectivity index (χ0n) is 9.76. The predicted molar refractivity (Wildman–Crippen MR) is 70.1 cm³/mol. The fourth-order valence-electron chi connectivity index (χ4n) is 2.30. The van der Waals surface area contributed by atoms with Crippen molar-refractivity contribution in [1.82, 2.24) is 5.23 Å². The Hall–Kier alpha value is -1.74. The van der Waals surface area contributed by atoms with Gasteiger partial charge in [0, 0.05) is 5.56 Å². The molecule has 0 radical (unpaired) electrons. The van der Waals surface area contributed by atoms with Crippen molar-refractivity contribution in [3.05, 3.63) is 65.7 Å². The monoisotopic (exact) mass is 223 g/mol. The van der Waals surface area contributed by atoms with E-state index in [0.717, 1.165) is 5.75 Å². The molecule has 0 spiro atoms. The lowest BCUT2D eigenvalue weighted by molar-refractivity contribution is 0.496. The van der Waals surface area contributed by atoms with Gasteiger partial charge in [-0.1, -0.05) is 48.5 Å². The molecule has 0 saturated carbocycles. The predicted octanol–water partition coefficient (Wildman–Crippen LogP) is 2.88. The molecule has 84 valence electrons. The number of hydrogen-bond acceptors (Lipinski definition) is 2. The van der Waals surface area contributed by atoms with Gasteiger partial charge in [0.2, 0.25) is 0 Å². The van der Waals surface area contributed by atoms with E-state index in [9.17, 15) is 0 Å². The molecule has 1 unspecified atom stereocenters. The van der Waals surface area contributed by atoms with Crippen LogP contribution in [0.15, 0.2) is 54.6 Å². The smallest absolute Gasteiger partial charge is 0.443 e. The lowest BCUT2D eigenvalue weighted by Gasteiger charge is -2.30. The summed E-state index contributed by atoms with van der Waals surface area (Å²) in [5.41, 5.74) is 2.48. The first-order chi connectivity index (χ1) is 8.34. The lowest BCUT2D eigenvalue weighted by Crippen LogP contribution is -2.43. The van der Waals surface area contributed by atoms with Crippen LogP contribution in [0.4, 0.5) is 0 Å². The third-order valence-electron chi connectivity index (χ3n) is 3.07. The number of hydrogen-bond donors (Lipinski definition) is 1. The van der Waals surface area contributed by atoms with Crippen LogP contribution in [0.3, 0.4) is 0 Å². The first-order valence-electron chi connectivity index (χ1n) is 5.91. The SMILES string of the molecule is CB1NC(c2ccccc2)c2ccccc2O1. The normalized spacial score (nSPS) is 18.4. The molecular formula is C14H14BNO. The van der Waals surface area contributed by atoms with Crippen molar-refractivity contribution >= 4 is 7.05 Å². The van der Waals surface area contributed by atoms with Gasteiger partial charge in [-0.25, -0.2) is 0 Å². The van der Waals surface area contributed by atoms with Crippen LogP contribution < -0.4 is 9.88 Å². The van der Waals surface area contributed by atoms with Crippen LogP contribution in [0.1, 0.15) is 17.2 Å². The molecule has 0 fully saturated rings. The van der Waals surface area contributed by atoms with Crippen molar-refractivity contribution in [2.45, 2.75) is 12.9 Å². The summed E-state index contributed by atoms with van der Waals surface area (Å²) in [6, 6.07) is 18.9. The Morgan fingerprint density at radius 3 is 2.53 bits per heavy atom. The molecule has 1 aliphatic heterocycles. The summed E-state index contributed by atoms with van der Waals surface area (Å²) in [5.74, 6) is 0.979. The average molecular weight is 223 g/mol. The zero-order valence-corrected chi connectivity index (χ0v) is 9.76. The minimum absolute atomic E-state index is 0.0371. The molecule has 1 heterocycles. The molecule has 0 aliphatic carbocycles. The van der Waals surface area contributed by atoms with E-state index in [1.165, 1.54) is 11.1 Å². The number of fused-ring (bicyclic) bond motifs is 1. The fraction of sp³-hybridized carbons (Fsp3) is 0.143. The maximum absolute atomic E-state index is 5.77. The third kappa shape index (κ3) is 1.94. The van der Waals surface area contributed by atoms with Crippen LogP contribution in [0.25, 0.3) is 0 Å². The number of rotatable bonds is 1. The van der Waals surface area contributed by atoms with Crippen LogP contribution in [0.5, 0.6) is 5.75 Å². The average Bonchev–Trinajstić information content (AvgIpc) is 2.39. The van der Waals surface area contributed by atoms with Gasteiger partial charge in [0.05, 0.1) is 6.04 Å². The molecule has 0 saturated heterocycles. The fourth-order valence-corrected chi connectivity index (χ4v) is 2.30. The Balaban J connectivity index is 2.07. The van der Waals surface area contributed by atoms with E-state index in [1.54, 1.807) is 0 Å². The molecule has 2 aromatic carbocycles. The number of para-hydroxylation sites is 1. The molecule has 3 heteroatoms. The molecule has 1 aliphatic rings. The molecule has 2 aromatic rings. The molecule has 1 N–H and O–H groups in total. The third-order valence-corrected chi connectivity index (χ3v) is 3.07. The summed E-state index contributed by atoms with van der Waals surface area (Å²) in [6.07, 6.45) is 0. The van der Waals surface area contributed by atoms with Crippen LogP contribution in [-0.4, -0.2) is 7.05 Å². The quantitative estimate of drug-likeness (QED) is 0.750. The molecule has 2 nitrogen and oxygen atoms in total. The summed E-state index contributed by atoms with van der Waals surface area (Å²) in [7, 11) is 0.0371. The maximum atomic E-state index is 5.77. The Kier molecular flexibility index (Phi) is 2.61. The molecule has 0 amide bonds. The van der Waals surface area contributed by atoms with Crippen LogP contribution in [-0.2, 0) is 0 Å². The topological polar surface area (TPSA) is 21.3 Å². The van der Waals surface area contributed by atoms with Gasteiger partial charge >= 0.3 is 7.05 Å². The molecular weight excluding hydrogens is 209 g/mol. The van der Waals surface area contributed by atoms with Gasteiger partial charge in [0.1, 0.15) is 5.75 Å². The molecule has 17 heavy (non-hydrogen) atoms. The molecule has 0 bridgehead atoms. The second kappa shape index (κ2) is 4.26. The van der Waals surface area contributed by atoms with E-state index in [1.807, 2.05) is 25.0 Å². The number of nitrogens with one attached hydrogen (secondary N) is 1. The zero-order chi connectivity index (χ0) is 11.7. The number of benzene rings is 2. The van der Waals surface area contributed by atoms with Crippen molar-refractivity contribution in [2.75, 3.05) is 0 Å². The van der Waals surface area contributed by atoms with Crippen LogP contribution in [0.2, 0.25) is 6.82 Å². The first-order valence-corrected chi connectivity index (χ1v) is 5.91. The summed E-state index contributed by atoms with van der Waals surface area (Å²) in [6.45, 7) is 2.03. The van der Waals surface area contributed by atoms with Crippen molar-refractivity contribution in [3.8, 4) is 5.75 Å². The van der Waals surface area contributed by atoms with Crippen molar-refractivity contribution in [1.29, 1.82) is 0 Å². The highest BCUT2D eigenvalue weighted by Crippen LogP contribution is 2.33. The minimum Gasteiger partial charge on any atom is -0.546 e. The highest BCUT2D eigenvalue weighted by molar-refractivity contribution is 6.48. The van der Waals surface area contributed by atoms with Gasteiger partial charge in [-0.15, -0.1) is 0 Å². The standard InChI is InChI=1S/C14H14BNO/c1-15-16-14(11-7-3-2-4-8-11)12-9-5-6-10-13(12)17-15/h2-10,14,16H,1H3. The van der Waals surface area contributed by atoms with E-state index >= 15 is 0 Å². The highest BCUT2D eigenvalue weighted by Gasteiger charge is 2.28. The van der Waals surface area contributed by atoms with E-state index in [2.05, 4.69) is 41.6 Å². The largest absolute Gasteiger partial charge is 0.546 e. The summed E-state index contributed by atoms with van der Waals surface area (Å²) in [5, 5.41) is 3.47. The second-order valence-corrected chi connectivity index (χ2v) is 4.31. The van der Waals surface area contributed by atoms with Gasteiger partial charge in [0.25, 0.3) is 0 Å². The van der Waals surface area contributed by atoms with Gasteiger partial charge in [-0.2, -0.15) is 0 Å². The summed E-state index contributed by atoms with van der Waals surface area (Å²) in [4.78, 5) is 0. The second-order valence-electron chi connectivity index (χ2n) is 4.31. The molecule has 1 atom stereocenters. The minimum atomic E-state index is 0.0371. The first kappa shape index (κ1) is 10.4. The van der Waals surface area contributed by atoms with Gasteiger partial charge < -0.3 is 9.88 Å². The van der Waals surface area contributed by atoms with Gasteiger partial charge in [-0.3, -0.25) is 0 Å². The van der Waals surface area contributed by atoms with E-state index < -0.39 is 0 Å². The maximum Gasteiger partial charge on any atom is 0.443 e. The van der Waals surface area contributed by atoms with Gasteiger partial charge in [-0.05, 0) is 18.5 Å². The van der Waals surface area contributed by atoms with E-state index in [-0.39, 0.29) is 13.1 Å². The molecule has 0 aromatic heterocycles. The highest BCUT2D eigenvalue weighted by atomic mass is 16.4. The Labute approximate surface area is 102 Å². The van der Waals surface area contributed by atoms with Gasteiger partial charge in [0.15, 0.2) is 0 Å².